The predicted molar refractivity (Wildman–Crippen MR) is 80.5 cm³/mol. The topological polar surface area (TPSA) is 23.6 Å². The van der Waals surface area contributed by atoms with E-state index in [1.165, 1.54) is 12.1 Å². The maximum atomic E-state index is 12.9. The van der Waals surface area contributed by atoms with E-state index in [1.54, 1.807) is 12.1 Å². The Bertz CT molecular complexity index is 612. The van der Waals surface area contributed by atoms with Crippen LogP contribution in [0, 0.1) is 5.82 Å². The summed E-state index contributed by atoms with van der Waals surface area (Å²) >= 11 is 0. The quantitative estimate of drug-likeness (QED) is 0.865. The number of hydrogen-bond donors (Lipinski definition) is 0. The Labute approximate surface area is 123 Å². The Morgan fingerprint density at radius 1 is 0.952 bits per heavy atom. The highest BCUT2D eigenvalue weighted by Gasteiger charge is 2.24. The summed E-state index contributed by atoms with van der Waals surface area (Å²) in [5.41, 5.74) is 1.97. The number of nitrogens with zero attached hydrogens (tertiary/aromatic N) is 2. The van der Waals surface area contributed by atoms with Crippen LogP contribution in [0.2, 0.25) is 0 Å². The van der Waals surface area contributed by atoms with Crippen LogP contribution in [0.3, 0.4) is 0 Å². The van der Waals surface area contributed by atoms with E-state index in [-0.39, 0.29) is 11.7 Å². The summed E-state index contributed by atoms with van der Waals surface area (Å²) in [4.78, 5) is 16.2. The van der Waals surface area contributed by atoms with Crippen molar-refractivity contribution in [1.82, 2.24) is 4.90 Å². The first-order valence-corrected chi connectivity index (χ1v) is 7.04. The molecule has 0 bridgehead atoms. The van der Waals surface area contributed by atoms with Crippen LogP contribution in [-0.2, 0) is 11.3 Å². The molecule has 0 saturated carbocycles. The molecule has 0 spiro atoms. The number of para-hydroxylation sites is 1. The molecule has 0 N–H and O–H groups in total. The highest BCUT2D eigenvalue weighted by atomic mass is 19.1. The van der Waals surface area contributed by atoms with E-state index in [0.29, 0.717) is 19.6 Å². The summed E-state index contributed by atoms with van der Waals surface area (Å²) in [5, 5.41) is 0. The first kappa shape index (κ1) is 13.8. The third-order valence-electron chi connectivity index (χ3n) is 3.69. The molecule has 0 atom stereocenters. The van der Waals surface area contributed by atoms with E-state index in [0.717, 1.165) is 17.8 Å². The average Bonchev–Trinajstić information content (AvgIpc) is 2.51. The number of hydrogen-bond acceptors (Lipinski definition) is 2. The van der Waals surface area contributed by atoms with E-state index in [1.807, 2.05) is 35.2 Å². The Morgan fingerprint density at radius 2 is 1.67 bits per heavy atom. The van der Waals surface area contributed by atoms with Crippen molar-refractivity contribution in [2.24, 2.45) is 0 Å². The van der Waals surface area contributed by atoms with Gasteiger partial charge in [0.2, 0.25) is 5.91 Å². The van der Waals surface area contributed by atoms with Crippen molar-refractivity contribution in [2.45, 2.75) is 6.54 Å². The first-order chi connectivity index (χ1) is 10.2. The van der Waals surface area contributed by atoms with Crippen molar-refractivity contribution >= 4 is 11.6 Å². The molecule has 4 heteroatoms. The van der Waals surface area contributed by atoms with Gasteiger partial charge in [-0.2, -0.15) is 0 Å². The van der Waals surface area contributed by atoms with Crippen LogP contribution in [-0.4, -0.2) is 30.4 Å². The van der Waals surface area contributed by atoms with Gasteiger partial charge in [-0.25, -0.2) is 4.39 Å². The third kappa shape index (κ3) is 3.28. The molecule has 1 aliphatic rings. The molecule has 1 heterocycles. The van der Waals surface area contributed by atoms with E-state index in [4.69, 9.17) is 0 Å². The molecule has 1 saturated heterocycles. The number of carbonyl (C=O) groups is 1. The molecule has 1 fully saturated rings. The summed E-state index contributed by atoms with van der Waals surface area (Å²) in [7, 11) is 0. The number of anilines is 1. The van der Waals surface area contributed by atoms with E-state index >= 15 is 0 Å². The number of amides is 1. The highest BCUT2D eigenvalue weighted by Crippen LogP contribution is 2.17. The molecular weight excluding hydrogens is 267 g/mol. The fourth-order valence-electron chi connectivity index (χ4n) is 2.59. The zero-order valence-electron chi connectivity index (χ0n) is 11.7. The molecular formula is C17H17FN2O. The maximum Gasteiger partial charge on any atom is 0.241 e. The van der Waals surface area contributed by atoms with Gasteiger partial charge < -0.3 is 4.90 Å². The molecule has 3 rings (SSSR count). The molecule has 2 aromatic rings. The number of rotatable bonds is 3. The lowest BCUT2D eigenvalue weighted by Crippen LogP contribution is -2.50. The Kier molecular flexibility index (Phi) is 3.97. The number of piperazine rings is 1. The van der Waals surface area contributed by atoms with Crippen molar-refractivity contribution in [1.29, 1.82) is 0 Å². The van der Waals surface area contributed by atoms with Gasteiger partial charge in [-0.05, 0) is 29.8 Å². The summed E-state index contributed by atoms with van der Waals surface area (Å²) in [6.45, 7) is 2.57. The minimum Gasteiger partial charge on any atom is -0.310 e. The van der Waals surface area contributed by atoms with Gasteiger partial charge in [-0.1, -0.05) is 30.3 Å². The summed E-state index contributed by atoms with van der Waals surface area (Å²) in [6.07, 6.45) is 0. The van der Waals surface area contributed by atoms with Crippen molar-refractivity contribution in [2.75, 3.05) is 24.5 Å². The largest absolute Gasteiger partial charge is 0.310 e. The fourth-order valence-corrected chi connectivity index (χ4v) is 2.59. The molecule has 0 aliphatic carbocycles. The van der Waals surface area contributed by atoms with Gasteiger partial charge in [0, 0.05) is 25.3 Å². The van der Waals surface area contributed by atoms with Crippen LogP contribution < -0.4 is 4.90 Å². The van der Waals surface area contributed by atoms with Crippen molar-refractivity contribution in [3.63, 3.8) is 0 Å². The van der Waals surface area contributed by atoms with Gasteiger partial charge in [-0.3, -0.25) is 9.69 Å². The number of carbonyl (C=O) groups excluding carboxylic acids is 1. The van der Waals surface area contributed by atoms with Crippen LogP contribution in [0.15, 0.2) is 54.6 Å². The monoisotopic (exact) mass is 284 g/mol. The van der Waals surface area contributed by atoms with Crippen LogP contribution in [0.4, 0.5) is 10.1 Å². The van der Waals surface area contributed by atoms with Gasteiger partial charge >= 0.3 is 0 Å². The number of benzene rings is 2. The lowest BCUT2D eigenvalue weighted by Gasteiger charge is -2.34. The van der Waals surface area contributed by atoms with Crippen LogP contribution in [0.5, 0.6) is 0 Å². The molecule has 1 aliphatic heterocycles. The molecule has 0 aromatic heterocycles. The lowest BCUT2D eigenvalue weighted by atomic mass is 10.2. The van der Waals surface area contributed by atoms with Gasteiger partial charge in [-0.15, -0.1) is 0 Å². The zero-order valence-corrected chi connectivity index (χ0v) is 11.7. The molecule has 0 unspecified atom stereocenters. The average molecular weight is 284 g/mol. The number of halogens is 1. The van der Waals surface area contributed by atoms with Crippen LogP contribution >= 0.6 is 0 Å². The van der Waals surface area contributed by atoms with Gasteiger partial charge in [0.05, 0.1) is 6.54 Å². The molecule has 3 nitrogen and oxygen atoms in total. The second kappa shape index (κ2) is 6.06. The molecule has 0 radical (unpaired) electrons. The normalized spacial score (nSPS) is 16.2. The van der Waals surface area contributed by atoms with Gasteiger partial charge in [0.15, 0.2) is 0 Å². The van der Waals surface area contributed by atoms with Crippen LogP contribution in [0.1, 0.15) is 5.56 Å². The van der Waals surface area contributed by atoms with E-state index in [2.05, 4.69) is 4.90 Å². The summed E-state index contributed by atoms with van der Waals surface area (Å²) in [6, 6.07) is 16.2. The molecule has 108 valence electrons. The summed E-state index contributed by atoms with van der Waals surface area (Å²) < 4.78 is 12.9. The highest BCUT2D eigenvalue weighted by molar-refractivity contribution is 5.95. The maximum absolute atomic E-state index is 12.9. The molecule has 2 aromatic carbocycles. The fraction of sp³-hybridized carbons (Fsp3) is 0.235. The van der Waals surface area contributed by atoms with Crippen molar-refractivity contribution < 1.29 is 9.18 Å². The summed E-state index contributed by atoms with van der Waals surface area (Å²) in [5.74, 6) is -0.127. The molecule has 21 heavy (non-hydrogen) atoms. The smallest absolute Gasteiger partial charge is 0.241 e. The minimum absolute atomic E-state index is 0.106. The standard InChI is InChI=1S/C17H17FN2O/c18-15-8-6-14(7-9-15)12-19-10-11-20(17(21)13-19)16-4-2-1-3-5-16/h1-9H,10-13H2. The molecule has 1 amide bonds. The van der Waals surface area contributed by atoms with E-state index < -0.39 is 0 Å². The predicted octanol–water partition coefficient (Wildman–Crippen LogP) is 2.67. The lowest BCUT2D eigenvalue weighted by molar-refractivity contribution is -0.121. The SMILES string of the molecule is O=C1CN(Cc2ccc(F)cc2)CCN1c1ccccc1. The van der Waals surface area contributed by atoms with Crippen molar-refractivity contribution in [3.05, 3.63) is 66.0 Å². The van der Waals surface area contributed by atoms with Crippen molar-refractivity contribution in [3.8, 4) is 0 Å². The van der Waals surface area contributed by atoms with Gasteiger partial charge in [0.25, 0.3) is 0 Å². The second-order valence-electron chi connectivity index (χ2n) is 5.22. The Balaban J connectivity index is 1.63. The zero-order chi connectivity index (χ0) is 14.7. The van der Waals surface area contributed by atoms with Gasteiger partial charge in [0.1, 0.15) is 5.82 Å². The van der Waals surface area contributed by atoms with Crippen LogP contribution in [0.25, 0.3) is 0 Å². The Hall–Kier alpha value is -2.20. The van der Waals surface area contributed by atoms with E-state index in [9.17, 15) is 9.18 Å². The first-order valence-electron chi connectivity index (χ1n) is 7.04. The Morgan fingerprint density at radius 3 is 2.33 bits per heavy atom. The second-order valence-corrected chi connectivity index (χ2v) is 5.22. The minimum atomic E-state index is -0.233. The third-order valence-corrected chi connectivity index (χ3v) is 3.69.